The van der Waals surface area contributed by atoms with E-state index >= 15 is 0 Å². The fourth-order valence-electron chi connectivity index (χ4n) is 5.58. The highest BCUT2D eigenvalue weighted by atomic mass is 19.1. The van der Waals surface area contributed by atoms with E-state index in [9.17, 15) is 9.50 Å². The van der Waals surface area contributed by atoms with Crippen LogP contribution in [0.5, 0.6) is 5.75 Å². The minimum atomic E-state index is -0.433. The van der Waals surface area contributed by atoms with Gasteiger partial charge in [0.1, 0.15) is 12.4 Å². The molecule has 0 aliphatic carbocycles. The van der Waals surface area contributed by atoms with Crippen molar-refractivity contribution >= 4 is 5.82 Å². The summed E-state index contributed by atoms with van der Waals surface area (Å²) in [6.07, 6.45) is 7.68. The lowest BCUT2D eigenvalue weighted by Gasteiger charge is -2.46. The fourth-order valence-corrected chi connectivity index (χ4v) is 5.58. The zero-order chi connectivity index (χ0) is 22.3. The predicted octanol–water partition coefficient (Wildman–Crippen LogP) is 4.08. The number of halogens is 1. The van der Waals surface area contributed by atoms with Gasteiger partial charge < -0.3 is 15.3 Å². The molecular weight excluding hydrogens is 407 g/mol. The minimum absolute atomic E-state index is 0.0854. The molecule has 4 heterocycles. The minimum Gasteiger partial charge on any atom is -0.507 e. The zero-order valence-electron chi connectivity index (χ0n) is 18.5. The number of aromatic nitrogens is 4. The van der Waals surface area contributed by atoms with Gasteiger partial charge in [0.05, 0.1) is 11.9 Å². The predicted molar refractivity (Wildman–Crippen MR) is 122 cm³/mol. The molecule has 2 aliphatic rings. The lowest BCUT2D eigenvalue weighted by atomic mass is 9.84. The number of nitrogens with one attached hydrogen (secondary N) is 2. The molecule has 168 valence electrons. The molecule has 7 nitrogen and oxygen atoms in total. The van der Waals surface area contributed by atoms with Crippen molar-refractivity contribution in [2.24, 2.45) is 0 Å². The number of hydrogen-bond donors (Lipinski definition) is 3. The van der Waals surface area contributed by atoms with Crippen LogP contribution in [0.2, 0.25) is 0 Å². The van der Waals surface area contributed by atoms with Crippen LogP contribution in [0.1, 0.15) is 39.5 Å². The third-order valence-electron chi connectivity index (χ3n) is 7.02. The van der Waals surface area contributed by atoms with E-state index < -0.39 is 6.67 Å². The zero-order valence-corrected chi connectivity index (χ0v) is 18.5. The maximum absolute atomic E-state index is 13.5. The van der Waals surface area contributed by atoms with E-state index in [2.05, 4.69) is 44.5 Å². The Morgan fingerprint density at radius 2 is 1.88 bits per heavy atom. The Bertz CT molecular complexity index is 1070. The number of alkyl halides is 1. The average Bonchev–Trinajstić information content (AvgIpc) is 3.38. The van der Waals surface area contributed by atoms with Gasteiger partial charge in [-0.3, -0.25) is 5.10 Å². The second kappa shape index (κ2) is 7.85. The highest BCUT2D eigenvalue weighted by molar-refractivity contribution is 5.73. The van der Waals surface area contributed by atoms with E-state index in [4.69, 9.17) is 0 Å². The molecule has 2 aromatic heterocycles. The number of H-pyrrole nitrogens is 1. The average molecular weight is 437 g/mol. The summed E-state index contributed by atoms with van der Waals surface area (Å²) in [7, 11) is 0. The molecule has 5 rings (SSSR count). The Morgan fingerprint density at radius 3 is 2.47 bits per heavy atom. The third-order valence-corrected chi connectivity index (χ3v) is 7.02. The molecule has 1 aromatic carbocycles. The van der Waals surface area contributed by atoms with E-state index in [1.54, 1.807) is 18.5 Å². The number of aromatic hydroxyl groups is 1. The van der Waals surface area contributed by atoms with Gasteiger partial charge in [0.25, 0.3) is 0 Å². The molecule has 2 bridgehead atoms. The van der Waals surface area contributed by atoms with Crippen LogP contribution in [0.4, 0.5) is 10.2 Å². The summed E-state index contributed by atoms with van der Waals surface area (Å²) in [5, 5.41) is 29.9. The number of rotatable bonds is 6. The first-order chi connectivity index (χ1) is 15.4. The van der Waals surface area contributed by atoms with Crippen LogP contribution in [0.15, 0.2) is 42.7 Å². The summed E-state index contributed by atoms with van der Waals surface area (Å²) < 4.78 is 13.5. The quantitative estimate of drug-likeness (QED) is 0.540. The van der Waals surface area contributed by atoms with Gasteiger partial charge in [0.15, 0.2) is 5.82 Å². The van der Waals surface area contributed by atoms with Crippen LogP contribution in [0.3, 0.4) is 0 Å². The first kappa shape index (κ1) is 20.9. The number of phenols is 1. The third kappa shape index (κ3) is 3.83. The molecule has 3 atom stereocenters. The summed E-state index contributed by atoms with van der Waals surface area (Å²) in [6.45, 7) is 4.40. The molecule has 0 spiro atoms. The van der Waals surface area contributed by atoms with Crippen molar-refractivity contribution < 1.29 is 9.50 Å². The Hall–Kier alpha value is -3.00. The highest BCUT2D eigenvalue weighted by Crippen LogP contribution is 2.44. The maximum atomic E-state index is 13.5. The van der Waals surface area contributed by atoms with E-state index in [1.807, 2.05) is 24.3 Å². The van der Waals surface area contributed by atoms with Crippen molar-refractivity contribution in [3.63, 3.8) is 0 Å². The number of benzene rings is 1. The molecule has 0 amide bonds. The van der Waals surface area contributed by atoms with Gasteiger partial charge in [0.2, 0.25) is 0 Å². The molecule has 1 unspecified atom stereocenters. The molecule has 32 heavy (non-hydrogen) atoms. The molecule has 3 N–H and O–H groups in total. The summed E-state index contributed by atoms with van der Waals surface area (Å²) in [5.41, 5.74) is 3.11. The Kier molecular flexibility index (Phi) is 5.12. The smallest absolute Gasteiger partial charge is 0.151 e. The van der Waals surface area contributed by atoms with E-state index in [0.717, 1.165) is 36.8 Å². The molecule has 0 radical (unpaired) electrons. The maximum Gasteiger partial charge on any atom is 0.151 e. The van der Waals surface area contributed by atoms with Gasteiger partial charge >= 0.3 is 0 Å². The Labute approximate surface area is 187 Å². The van der Waals surface area contributed by atoms with Crippen LogP contribution in [0, 0.1) is 0 Å². The first-order valence-corrected chi connectivity index (χ1v) is 11.2. The van der Waals surface area contributed by atoms with Gasteiger partial charge in [0, 0.05) is 41.0 Å². The summed E-state index contributed by atoms with van der Waals surface area (Å²) in [5.74, 6) is 0.807. The van der Waals surface area contributed by atoms with E-state index in [0.29, 0.717) is 23.6 Å². The Balaban J connectivity index is 1.39. The Morgan fingerprint density at radius 1 is 1.09 bits per heavy atom. The number of nitrogens with zero attached hydrogens (tertiary/aromatic N) is 4. The van der Waals surface area contributed by atoms with Gasteiger partial charge in [-0.15, -0.1) is 10.2 Å². The number of aromatic amines is 1. The van der Waals surface area contributed by atoms with Crippen molar-refractivity contribution in [2.45, 2.75) is 56.7 Å². The SMILES string of the molecule is C[C@]12CC[C@](C)(CC(N(CCF)c3ccc(-c4ccc(-c5cn[nH]c5)cc4O)nn3)C1)N2. The van der Waals surface area contributed by atoms with Crippen molar-refractivity contribution in [3.05, 3.63) is 42.7 Å². The van der Waals surface area contributed by atoms with Crippen LogP contribution >= 0.6 is 0 Å². The van der Waals surface area contributed by atoms with Crippen LogP contribution < -0.4 is 10.2 Å². The standard InChI is InChI=1S/C24H29FN6O/c1-23-7-8-24(2,30-23)13-18(12-23)31(10-9-25)22-6-5-20(28-29-22)19-4-3-16(11-21(19)32)17-14-26-27-15-17/h3-6,11,14-15,18,30,32H,7-10,12-13H2,1-2H3,(H,26,27)/t18?,23-,24+. The first-order valence-electron chi connectivity index (χ1n) is 11.2. The lowest BCUT2D eigenvalue weighted by molar-refractivity contribution is 0.203. The molecule has 2 aliphatic heterocycles. The van der Waals surface area contributed by atoms with Gasteiger partial charge in [-0.2, -0.15) is 5.10 Å². The highest BCUT2D eigenvalue weighted by Gasteiger charge is 2.49. The van der Waals surface area contributed by atoms with E-state index in [-0.39, 0.29) is 22.9 Å². The molecular formula is C24H29FN6O. The molecule has 2 fully saturated rings. The molecule has 2 saturated heterocycles. The van der Waals surface area contributed by atoms with Crippen LogP contribution in [-0.2, 0) is 0 Å². The summed E-state index contributed by atoms with van der Waals surface area (Å²) in [4.78, 5) is 2.07. The number of fused-ring (bicyclic) bond motifs is 2. The van der Waals surface area contributed by atoms with Crippen molar-refractivity contribution in [3.8, 4) is 28.1 Å². The van der Waals surface area contributed by atoms with Gasteiger partial charge in [-0.1, -0.05) is 6.07 Å². The summed E-state index contributed by atoms with van der Waals surface area (Å²) >= 11 is 0. The second-order valence-electron chi connectivity index (χ2n) is 9.69. The van der Waals surface area contributed by atoms with Crippen LogP contribution in [-0.4, -0.2) is 55.8 Å². The van der Waals surface area contributed by atoms with Crippen molar-refractivity contribution in [1.82, 2.24) is 25.7 Å². The van der Waals surface area contributed by atoms with Gasteiger partial charge in [-0.05, 0) is 69.4 Å². The monoisotopic (exact) mass is 436 g/mol. The van der Waals surface area contributed by atoms with Crippen molar-refractivity contribution in [1.29, 1.82) is 0 Å². The van der Waals surface area contributed by atoms with E-state index in [1.165, 1.54) is 0 Å². The normalized spacial score (nSPS) is 26.9. The van der Waals surface area contributed by atoms with Crippen LogP contribution in [0.25, 0.3) is 22.4 Å². The van der Waals surface area contributed by atoms with Gasteiger partial charge in [-0.25, -0.2) is 4.39 Å². The number of hydrogen-bond acceptors (Lipinski definition) is 6. The molecule has 8 heteroatoms. The second-order valence-corrected chi connectivity index (χ2v) is 9.69. The molecule has 3 aromatic rings. The largest absolute Gasteiger partial charge is 0.507 e. The number of anilines is 1. The lowest BCUT2D eigenvalue weighted by Crippen LogP contribution is -2.59. The van der Waals surface area contributed by atoms with Crippen molar-refractivity contribution in [2.75, 3.05) is 18.1 Å². The molecule has 0 saturated carbocycles. The number of piperidine rings is 1. The summed E-state index contributed by atoms with van der Waals surface area (Å²) in [6, 6.07) is 9.38. The fraction of sp³-hybridized carbons (Fsp3) is 0.458. The number of phenolic OH excluding ortho intramolecular Hbond substituents is 1. The topological polar surface area (TPSA) is 90.0 Å².